The third-order valence-corrected chi connectivity index (χ3v) is 4.75. The van der Waals surface area contributed by atoms with Crippen LogP contribution in [-0.2, 0) is 4.79 Å². The van der Waals surface area contributed by atoms with Crippen molar-refractivity contribution in [1.29, 1.82) is 0 Å². The van der Waals surface area contributed by atoms with E-state index in [9.17, 15) is 14.9 Å². The number of amides is 1. The molecular weight excluding hydrogens is 440 g/mol. The Bertz CT molecular complexity index is 1350. The maximum atomic E-state index is 12.0. The molecule has 0 bridgehead atoms. The molecule has 0 aliphatic heterocycles. The van der Waals surface area contributed by atoms with Gasteiger partial charge in [-0.15, -0.1) is 15.3 Å². The minimum absolute atomic E-state index is 0.00682. The van der Waals surface area contributed by atoms with Gasteiger partial charge in [-0.3, -0.25) is 14.9 Å². The topological polar surface area (TPSA) is 134 Å². The van der Waals surface area contributed by atoms with Gasteiger partial charge in [0.2, 0.25) is 11.8 Å². The van der Waals surface area contributed by atoms with E-state index in [1.165, 1.54) is 18.2 Å². The zero-order chi connectivity index (χ0) is 23.9. The van der Waals surface area contributed by atoms with Crippen molar-refractivity contribution >= 4 is 23.3 Å². The van der Waals surface area contributed by atoms with E-state index >= 15 is 0 Å². The van der Waals surface area contributed by atoms with Crippen molar-refractivity contribution in [2.75, 3.05) is 20.3 Å². The highest BCUT2D eigenvalue weighted by atomic mass is 16.6. The zero-order valence-corrected chi connectivity index (χ0v) is 18.1. The highest BCUT2D eigenvalue weighted by Gasteiger charge is 2.11. The maximum Gasteiger partial charge on any atom is 0.269 e. The van der Waals surface area contributed by atoms with Crippen molar-refractivity contribution in [2.45, 2.75) is 0 Å². The molecule has 4 aromatic rings. The molecule has 0 saturated heterocycles. The minimum atomic E-state index is -0.476. The van der Waals surface area contributed by atoms with Crippen molar-refractivity contribution in [3.05, 3.63) is 82.4 Å². The van der Waals surface area contributed by atoms with Crippen LogP contribution in [0.5, 0.6) is 11.6 Å². The van der Waals surface area contributed by atoms with Crippen molar-refractivity contribution in [3.8, 4) is 23.0 Å². The number of fused-ring (bicyclic) bond motifs is 1. The van der Waals surface area contributed by atoms with Crippen LogP contribution in [-0.4, -0.2) is 50.9 Å². The highest BCUT2D eigenvalue weighted by Crippen LogP contribution is 2.23. The van der Waals surface area contributed by atoms with Crippen molar-refractivity contribution < 1.29 is 19.2 Å². The van der Waals surface area contributed by atoms with Crippen molar-refractivity contribution in [1.82, 2.24) is 25.1 Å². The maximum absolute atomic E-state index is 12.0. The van der Waals surface area contributed by atoms with E-state index in [1.807, 2.05) is 24.3 Å². The third kappa shape index (κ3) is 5.33. The summed E-state index contributed by atoms with van der Waals surface area (Å²) in [6.45, 7) is 0.459. The number of carbonyl (C=O) groups is 1. The molecule has 0 atom stereocenters. The van der Waals surface area contributed by atoms with Crippen molar-refractivity contribution in [2.24, 2.45) is 0 Å². The second-order valence-corrected chi connectivity index (χ2v) is 7.02. The Hall–Kier alpha value is -4.80. The number of nitro groups is 1. The van der Waals surface area contributed by atoms with Crippen LogP contribution in [0.2, 0.25) is 0 Å². The Morgan fingerprint density at radius 2 is 1.97 bits per heavy atom. The molecule has 172 valence electrons. The molecule has 0 fully saturated rings. The average Bonchev–Trinajstić information content (AvgIpc) is 3.29. The summed E-state index contributed by atoms with van der Waals surface area (Å²) >= 11 is 0. The van der Waals surface area contributed by atoms with E-state index in [0.717, 1.165) is 5.56 Å². The summed E-state index contributed by atoms with van der Waals surface area (Å²) in [4.78, 5) is 22.2. The van der Waals surface area contributed by atoms with Gasteiger partial charge in [0.05, 0.1) is 18.6 Å². The van der Waals surface area contributed by atoms with Crippen LogP contribution in [0.3, 0.4) is 0 Å². The fourth-order valence-corrected chi connectivity index (χ4v) is 3.06. The molecule has 34 heavy (non-hydrogen) atoms. The van der Waals surface area contributed by atoms with E-state index in [1.54, 1.807) is 42.0 Å². The Morgan fingerprint density at radius 1 is 1.15 bits per heavy atom. The quantitative estimate of drug-likeness (QED) is 0.174. The Labute approximate surface area is 193 Å². The van der Waals surface area contributed by atoms with Crippen LogP contribution < -0.4 is 14.8 Å². The first-order valence-corrected chi connectivity index (χ1v) is 10.2. The molecule has 0 aliphatic rings. The zero-order valence-electron chi connectivity index (χ0n) is 18.1. The van der Waals surface area contributed by atoms with E-state index in [-0.39, 0.29) is 24.7 Å². The standard InChI is InChI=1S/C23H20N6O5/c1-33-19-4-2-3-17(15-19)23-26-25-20-10-12-22(27-28(20)23)34-14-13-24-21(30)11-7-16-5-8-18(9-6-16)29(31)32/h2-12,15H,13-14H2,1H3,(H,24,30)/b11-7+. The smallest absolute Gasteiger partial charge is 0.269 e. The first kappa shape index (κ1) is 22.4. The number of carbonyl (C=O) groups excluding carboxylic acids is 1. The van der Waals surface area contributed by atoms with E-state index in [2.05, 4.69) is 20.6 Å². The number of aromatic nitrogens is 4. The summed E-state index contributed by atoms with van der Waals surface area (Å²) in [5.41, 5.74) is 2.03. The monoisotopic (exact) mass is 460 g/mol. The normalized spacial score (nSPS) is 11.0. The third-order valence-electron chi connectivity index (χ3n) is 4.75. The van der Waals surface area contributed by atoms with Gasteiger partial charge in [0.1, 0.15) is 12.4 Å². The lowest BCUT2D eigenvalue weighted by Gasteiger charge is -2.07. The molecule has 11 nitrogen and oxygen atoms in total. The highest BCUT2D eigenvalue weighted by molar-refractivity contribution is 5.91. The number of nitrogens with one attached hydrogen (secondary N) is 1. The van der Waals surface area contributed by atoms with Gasteiger partial charge in [-0.1, -0.05) is 12.1 Å². The average molecular weight is 460 g/mol. The molecule has 4 rings (SSSR count). The Morgan fingerprint density at radius 3 is 2.74 bits per heavy atom. The van der Waals surface area contributed by atoms with Gasteiger partial charge in [0, 0.05) is 29.8 Å². The number of methoxy groups -OCH3 is 1. The van der Waals surface area contributed by atoms with Gasteiger partial charge in [-0.2, -0.15) is 4.52 Å². The molecule has 0 saturated carbocycles. The summed E-state index contributed by atoms with van der Waals surface area (Å²) in [6.07, 6.45) is 2.92. The summed E-state index contributed by atoms with van der Waals surface area (Å²) in [5, 5.41) is 26.1. The molecule has 0 radical (unpaired) electrons. The molecule has 2 heterocycles. The molecule has 1 amide bonds. The number of non-ortho nitro benzene ring substituents is 1. The number of ether oxygens (including phenoxy) is 2. The predicted molar refractivity (Wildman–Crippen MR) is 123 cm³/mol. The summed E-state index contributed by atoms with van der Waals surface area (Å²) in [5.74, 6) is 1.28. The molecular formula is C23H20N6O5. The van der Waals surface area contributed by atoms with Gasteiger partial charge < -0.3 is 14.8 Å². The fraction of sp³-hybridized carbons (Fsp3) is 0.130. The molecule has 2 aromatic carbocycles. The predicted octanol–water partition coefficient (Wildman–Crippen LogP) is 2.92. The van der Waals surface area contributed by atoms with Gasteiger partial charge >= 0.3 is 0 Å². The molecule has 11 heteroatoms. The summed E-state index contributed by atoms with van der Waals surface area (Å²) in [6, 6.07) is 16.7. The first-order valence-electron chi connectivity index (χ1n) is 10.2. The fourth-order valence-electron chi connectivity index (χ4n) is 3.06. The first-order chi connectivity index (χ1) is 16.5. The van der Waals surface area contributed by atoms with E-state index in [0.29, 0.717) is 28.7 Å². The molecule has 2 aromatic heterocycles. The SMILES string of the molecule is COc1cccc(-c2nnc3ccc(OCCNC(=O)/C=C/c4ccc([N+](=O)[O-])cc4)nn23)c1. The Balaban J connectivity index is 1.32. The van der Waals surface area contributed by atoms with Crippen molar-refractivity contribution in [3.63, 3.8) is 0 Å². The summed E-state index contributed by atoms with van der Waals surface area (Å²) < 4.78 is 12.5. The number of nitro benzene ring substituents is 1. The largest absolute Gasteiger partial charge is 0.497 e. The summed E-state index contributed by atoms with van der Waals surface area (Å²) in [7, 11) is 1.59. The Kier molecular flexibility index (Phi) is 6.73. The number of benzene rings is 2. The van der Waals surface area contributed by atoms with E-state index in [4.69, 9.17) is 9.47 Å². The van der Waals surface area contributed by atoms with E-state index < -0.39 is 4.92 Å². The molecule has 1 N–H and O–H groups in total. The molecule has 0 spiro atoms. The number of hydrogen-bond donors (Lipinski definition) is 1. The van der Waals surface area contributed by atoms with Crippen LogP contribution in [0.1, 0.15) is 5.56 Å². The minimum Gasteiger partial charge on any atom is -0.497 e. The van der Waals surface area contributed by atoms with Gasteiger partial charge in [0.25, 0.3) is 5.69 Å². The van der Waals surface area contributed by atoms with Crippen LogP contribution in [0.4, 0.5) is 5.69 Å². The van der Waals surface area contributed by atoms with Crippen LogP contribution in [0.15, 0.2) is 66.7 Å². The lowest BCUT2D eigenvalue weighted by Crippen LogP contribution is -2.26. The number of hydrogen-bond acceptors (Lipinski definition) is 8. The second kappa shape index (κ2) is 10.2. The molecule has 0 unspecified atom stereocenters. The van der Waals surface area contributed by atoms with Crippen LogP contribution >= 0.6 is 0 Å². The van der Waals surface area contributed by atoms with Crippen LogP contribution in [0, 0.1) is 10.1 Å². The molecule has 0 aliphatic carbocycles. The van der Waals surface area contributed by atoms with Gasteiger partial charge in [-0.05, 0) is 42.0 Å². The second-order valence-electron chi connectivity index (χ2n) is 7.02. The number of nitrogens with zero attached hydrogens (tertiary/aromatic N) is 5. The lowest BCUT2D eigenvalue weighted by atomic mass is 10.2. The van der Waals surface area contributed by atoms with Gasteiger partial charge in [-0.25, -0.2) is 0 Å². The van der Waals surface area contributed by atoms with Gasteiger partial charge in [0.15, 0.2) is 11.5 Å². The van der Waals surface area contributed by atoms with Crippen LogP contribution in [0.25, 0.3) is 23.1 Å². The number of rotatable bonds is 9. The lowest BCUT2D eigenvalue weighted by molar-refractivity contribution is -0.384.